The molecular weight excluding hydrogens is 362 g/mol. The summed E-state index contributed by atoms with van der Waals surface area (Å²) in [5.41, 5.74) is 6.73. The van der Waals surface area contributed by atoms with Crippen molar-refractivity contribution >= 4 is 15.9 Å². The highest BCUT2D eigenvalue weighted by atomic mass is 32.2. The number of sulfonamides is 1. The lowest BCUT2D eigenvalue weighted by molar-refractivity contribution is -0.131. The lowest BCUT2D eigenvalue weighted by atomic mass is 10.1. The van der Waals surface area contributed by atoms with Crippen molar-refractivity contribution in [3.63, 3.8) is 0 Å². The molecule has 2 saturated heterocycles. The number of benzene rings is 1. The van der Waals surface area contributed by atoms with E-state index in [-0.39, 0.29) is 11.9 Å². The van der Waals surface area contributed by atoms with E-state index in [1.54, 1.807) is 16.4 Å². The second kappa shape index (κ2) is 8.71. The van der Waals surface area contributed by atoms with Crippen molar-refractivity contribution in [2.24, 2.45) is 11.7 Å². The molecular formula is C20H31N3O3S. The number of nitrogens with zero attached hydrogens (tertiary/aromatic N) is 2. The number of carbonyl (C=O) groups is 1. The molecule has 0 aliphatic carbocycles. The number of likely N-dealkylation sites (tertiary alicyclic amines) is 1. The summed E-state index contributed by atoms with van der Waals surface area (Å²) >= 11 is 0. The van der Waals surface area contributed by atoms with Gasteiger partial charge in [-0.25, -0.2) is 8.42 Å². The Hall–Kier alpha value is -1.44. The van der Waals surface area contributed by atoms with Crippen LogP contribution in [0.5, 0.6) is 0 Å². The van der Waals surface area contributed by atoms with Gasteiger partial charge in [-0.2, -0.15) is 4.31 Å². The van der Waals surface area contributed by atoms with E-state index in [4.69, 9.17) is 5.73 Å². The van der Waals surface area contributed by atoms with Gasteiger partial charge < -0.3 is 10.6 Å². The molecule has 2 unspecified atom stereocenters. The Bertz CT molecular complexity index is 742. The maximum Gasteiger partial charge on any atom is 0.243 e. The Morgan fingerprint density at radius 1 is 1.15 bits per heavy atom. The first-order valence-electron chi connectivity index (χ1n) is 10.0. The van der Waals surface area contributed by atoms with Crippen molar-refractivity contribution in [1.29, 1.82) is 0 Å². The number of nitrogens with two attached hydrogens (primary N) is 1. The molecule has 150 valence electrons. The molecule has 0 saturated carbocycles. The Kier molecular flexibility index (Phi) is 6.55. The standard InChI is InChI=1S/C20H31N3O3S/c1-16-13-18(14-21)15-23(16)20(24)10-7-17-5-8-19(9-6-17)27(25,26)22-11-3-2-4-12-22/h5-6,8-9,16,18H,2-4,7,10-15,21H2,1H3. The summed E-state index contributed by atoms with van der Waals surface area (Å²) in [7, 11) is -3.39. The van der Waals surface area contributed by atoms with Crippen molar-refractivity contribution in [1.82, 2.24) is 9.21 Å². The molecule has 2 atom stereocenters. The SMILES string of the molecule is CC1CC(CN)CN1C(=O)CCc1ccc(S(=O)(=O)N2CCCCC2)cc1. The van der Waals surface area contributed by atoms with Gasteiger partial charge in [0.2, 0.25) is 15.9 Å². The van der Waals surface area contributed by atoms with E-state index in [0.29, 0.717) is 43.3 Å². The van der Waals surface area contributed by atoms with E-state index in [9.17, 15) is 13.2 Å². The Morgan fingerprint density at radius 2 is 1.81 bits per heavy atom. The molecule has 1 aromatic carbocycles. The molecule has 0 radical (unpaired) electrons. The molecule has 2 heterocycles. The van der Waals surface area contributed by atoms with Crippen molar-refractivity contribution in [2.75, 3.05) is 26.2 Å². The highest BCUT2D eigenvalue weighted by Crippen LogP contribution is 2.24. The van der Waals surface area contributed by atoms with Crippen LogP contribution in [0.3, 0.4) is 0 Å². The van der Waals surface area contributed by atoms with Crippen molar-refractivity contribution in [3.8, 4) is 0 Å². The zero-order valence-corrected chi connectivity index (χ0v) is 17.0. The average molecular weight is 394 g/mol. The quantitative estimate of drug-likeness (QED) is 0.801. The number of hydrogen-bond acceptors (Lipinski definition) is 4. The second-order valence-electron chi connectivity index (χ2n) is 7.84. The topological polar surface area (TPSA) is 83.7 Å². The molecule has 2 N–H and O–H groups in total. The van der Waals surface area contributed by atoms with Crippen molar-refractivity contribution < 1.29 is 13.2 Å². The van der Waals surface area contributed by atoms with Crippen LogP contribution in [0.4, 0.5) is 0 Å². The van der Waals surface area contributed by atoms with Gasteiger partial charge in [-0.15, -0.1) is 0 Å². The number of aryl methyl sites for hydroxylation is 1. The minimum atomic E-state index is -3.39. The zero-order chi connectivity index (χ0) is 19.4. The number of amides is 1. The summed E-state index contributed by atoms with van der Waals surface area (Å²) in [6, 6.07) is 7.27. The maximum atomic E-state index is 12.7. The van der Waals surface area contributed by atoms with Gasteiger partial charge in [0.25, 0.3) is 0 Å². The van der Waals surface area contributed by atoms with E-state index in [1.165, 1.54) is 0 Å². The molecule has 2 aliphatic rings. The summed E-state index contributed by atoms with van der Waals surface area (Å²) in [6.07, 6.45) is 5.00. The van der Waals surface area contributed by atoms with Gasteiger partial charge in [0, 0.05) is 32.1 Å². The van der Waals surface area contributed by atoms with Crippen LogP contribution in [-0.2, 0) is 21.2 Å². The third-order valence-electron chi connectivity index (χ3n) is 5.82. The third-order valence-corrected chi connectivity index (χ3v) is 7.73. The predicted molar refractivity (Wildman–Crippen MR) is 106 cm³/mol. The fourth-order valence-corrected chi connectivity index (χ4v) is 5.66. The van der Waals surface area contributed by atoms with Crippen molar-refractivity contribution in [2.45, 2.75) is 56.4 Å². The van der Waals surface area contributed by atoms with E-state index in [2.05, 4.69) is 6.92 Å². The molecule has 1 aromatic rings. The van der Waals surface area contributed by atoms with Crippen LogP contribution < -0.4 is 5.73 Å². The van der Waals surface area contributed by atoms with Gasteiger partial charge >= 0.3 is 0 Å². The average Bonchev–Trinajstić information content (AvgIpc) is 3.08. The van der Waals surface area contributed by atoms with E-state index < -0.39 is 10.0 Å². The summed E-state index contributed by atoms with van der Waals surface area (Å²) in [5, 5.41) is 0. The Morgan fingerprint density at radius 3 is 2.41 bits per heavy atom. The van der Waals surface area contributed by atoms with Gasteiger partial charge in [-0.05, 0) is 62.8 Å². The van der Waals surface area contributed by atoms with E-state index >= 15 is 0 Å². The number of carbonyl (C=O) groups excluding carboxylic acids is 1. The molecule has 1 amide bonds. The van der Waals surface area contributed by atoms with Gasteiger partial charge in [0.15, 0.2) is 0 Å². The smallest absolute Gasteiger partial charge is 0.243 e. The minimum absolute atomic E-state index is 0.156. The van der Waals surface area contributed by atoms with Gasteiger partial charge in [-0.3, -0.25) is 4.79 Å². The zero-order valence-electron chi connectivity index (χ0n) is 16.1. The Labute approximate surface area is 162 Å². The highest BCUT2D eigenvalue weighted by molar-refractivity contribution is 7.89. The van der Waals surface area contributed by atoms with Crippen LogP contribution in [0, 0.1) is 5.92 Å². The lowest BCUT2D eigenvalue weighted by Gasteiger charge is -2.26. The molecule has 0 aromatic heterocycles. The summed E-state index contributed by atoms with van der Waals surface area (Å²) < 4.78 is 27.0. The molecule has 2 aliphatic heterocycles. The molecule has 27 heavy (non-hydrogen) atoms. The number of piperidine rings is 1. The highest BCUT2D eigenvalue weighted by Gasteiger charge is 2.31. The number of hydrogen-bond donors (Lipinski definition) is 1. The second-order valence-corrected chi connectivity index (χ2v) is 9.78. The first kappa shape index (κ1) is 20.3. The van der Waals surface area contributed by atoms with Crippen LogP contribution >= 0.6 is 0 Å². The van der Waals surface area contributed by atoms with Crippen molar-refractivity contribution in [3.05, 3.63) is 29.8 Å². The van der Waals surface area contributed by atoms with Gasteiger partial charge in [-0.1, -0.05) is 18.6 Å². The molecule has 2 fully saturated rings. The van der Waals surface area contributed by atoms with Gasteiger partial charge in [0.1, 0.15) is 0 Å². The number of rotatable bonds is 6. The Balaban J connectivity index is 1.57. The van der Waals surface area contributed by atoms with Crippen LogP contribution in [0.15, 0.2) is 29.2 Å². The molecule has 0 bridgehead atoms. The van der Waals surface area contributed by atoms with E-state index in [1.807, 2.05) is 17.0 Å². The summed E-state index contributed by atoms with van der Waals surface area (Å²) in [4.78, 5) is 14.8. The fraction of sp³-hybridized carbons (Fsp3) is 0.650. The summed E-state index contributed by atoms with van der Waals surface area (Å²) in [6.45, 7) is 4.67. The first-order valence-corrected chi connectivity index (χ1v) is 11.4. The van der Waals surface area contributed by atoms with Crippen LogP contribution in [0.2, 0.25) is 0 Å². The molecule has 3 rings (SSSR count). The molecule has 0 spiro atoms. The third kappa shape index (κ3) is 4.70. The van der Waals surface area contributed by atoms with Crippen LogP contribution in [0.1, 0.15) is 44.6 Å². The van der Waals surface area contributed by atoms with Crippen LogP contribution in [-0.4, -0.2) is 55.8 Å². The monoisotopic (exact) mass is 393 g/mol. The predicted octanol–water partition coefficient (Wildman–Crippen LogP) is 1.99. The first-order chi connectivity index (χ1) is 12.9. The normalized spacial score (nSPS) is 24.3. The minimum Gasteiger partial charge on any atom is -0.340 e. The fourth-order valence-electron chi connectivity index (χ4n) is 4.14. The summed E-state index contributed by atoms with van der Waals surface area (Å²) in [5.74, 6) is 0.562. The molecule has 7 heteroatoms. The lowest BCUT2D eigenvalue weighted by Crippen LogP contribution is -2.35. The largest absolute Gasteiger partial charge is 0.340 e. The van der Waals surface area contributed by atoms with Crippen LogP contribution in [0.25, 0.3) is 0 Å². The molecule has 6 nitrogen and oxygen atoms in total. The maximum absolute atomic E-state index is 12.7. The van der Waals surface area contributed by atoms with E-state index in [0.717, 1.165) is 37.8 Å². The van der Waals surface area contributed by atoms with Gasteiger partial charge in [0.05, 0.1) is 4.90 Å².